The second-order valence-electron chi connectivity index (χ2n) is 5.31. The molecule has 0 aliphatic heterocycles. The van der Waals surface area contributed by atoms with Crippen molar-refractivity contribution in [3.63, 3.8) is 0 Å². The van der Waals surface area contributed by atoms with Gasteiger partial charge in [-0.1, -0.05) is 0 Å². The minimum atomic E-state index is -0.683. The fourth-order valence-corrected chi connectivity index (χ4v) is 4.10. The van der Waals surface area contributed by atoms with E-state index in [1.807, 2.05) is 0 Å². The molecule has 0 saturated heterocycles. The van der Waals surface area contributed by atoms with Crippen LogP contribution >= 0.6 is 22.7 Å². The number of aryl methyl sites for hydroxylation is 2. The van der Waals surface area contributed by atoms with Gasteiger partial charge in [-0.15, -0.1) is 22.7 Å². The van der Waals surface area contributed by atoms with Crippen LogP contribution in [0.2, 0.25) is 0 Å². The van der Waals surface area contributed by atoms with E-state index < -0.39 is 17.9 Å². The molecule has 0 spiro atoms. The normalized spacial score (nSPS) is 10.5. The highest BCUT2D eigenvalue weighted by molar-refractivity contribution is 7.18. The Hall–Kier alpha value is -2.46. The number of rotatable bonds is 7. The summed E-state index contributed by atoms with van der Waals surface area (Å²) in [7, 11) is 0. The van der Waals surface area contributed by atoms with Crippen LogP contribution in [-0.2, 0) is 20.8 Å². The third-order valence-electron chi connectivity index (χ3n) is 3.41. The van der Waals surface area contributed by atoms with Crippen LogP contribution in [0, 0.1) is 13.8 Å². The molecule has 0 saturated carbocycles. The van der Waals surface area contributed by atoms with Gasteiger partial charge < -0.3 is 19.9 Å². The molecule has 2 heterocycles. The Morgan fingerprint density at radius 1 is 0.926 bits per heavy atom. The predicted molar refractivity (Wildman–Crippen MR) is 101 cm³/mol. The number of hydrogen-bond donors (Lipinski definition) is 1. The average molecular weight is 412 g/mol. The van der Waals surface area contributed by atoms with Crippen LogP contribution < -0.4 is 5.73 Å². The first-order valence-corrected chi connectivity index (χ1v) is 9.79. The lowest BCUT2D eigenvalue weighted by Crippen LogP contribution is -2.14. The Kier molecular flexibility index (Phi) is 6.92. The number of carbonyl (C=O) groups excluding carboxylic acids is 3. The van der Waals surface area contributed by atoms with E-state index in [1.165, 1.54) is 11.3 Å². The number of hydrogen-bond acceptors (Lipinski definition) is 10. The lowest BCUT2D eigenvalue weighted by atomic mass is 10.1. The van der Waals surface area contributed by atoms with Crippen molar-refractivity contribution >= 4 is 45.6 Å². The van der Waals surface area contributed by atoms with Gasteiger partial charge in [0.15, 0.2) is 0 Å². The number of thiazole rings is 1. The molecule has 0 bridgehead atoms. The number of aromatic nitrogens is 1. The molecule has 27 heavy (non-hydrogen) atoms. The molecule has 0 aliphatic rings. The summed E-state index contributed by atoms with van der Waals surface area (Å²) in [5.41, 5.74) is 6.68. The fraction of sp³-hybridized carbons (Fsp3) is 0.412. The van der Waals surface area contributed by atoms with Gasteiger partial charge in [-0.25, -0.2) is 19.4 Å². The standard InChI is InChI=1S/C17H20N2O6S2/c1-5-23-15(20)11-10(13(27-14(11)18)17(22)24-6-2)7-25-16(21)12-8(3)19-9(4)26-12/h5-7,18H2,1-4H3. The molecule has 2 aromatic rings. The van der Waals surface area contributed by atoms with Crippen molar-refractivity contribution in [3.8, 4) is 0 Å². The van der Waals surface area contributed by atoms with Crippen molar-refractivity contribution in [2.45, 2.75) is 34.3 Å². The summed E-state index contributed by atoms with van der Waals surface area (Å²) in [5, 5.41) is 0.839. The third-order valence-corrected chi connectivity index (χ3v) is 5.51. The van der Waals surface area contributed by atoms with Crippen molar-refractivity contribution in [2.75, 3.05) is 18.9 Å². The van der Waals surface area contributed by atoms with Crippen molar-refractivity contribution in [2.24, 2.45) is 0 Å². The Balaban J connectivity index is 2.34. The van der Waals surface area contributed by atoms with Gasteiger partial charge in [0.1, 0.15) is 26.9 Å². The minimum Gasteiger partial charge on any atom is -0.462 e. The third kappa shape index (κ3) is 4.64. The van der Waals surface area contributed by atoms with Crippen LogP contribution in [-0.4, -0.2) is 36.1 Å². The monoisotopic (exact) mass is 412 g/mol. The Bertz CT molecular complexity index is 871. The van der Waals surface area contributed by atoms with Crippen LogP contribution in [0.1, 0.15) is 59.8 Å². The number of nitrogen functional groups attached to an aromatic ring is 1. The summed E-state index contributed by atoms with van der Waals surface area (Å²) >= 11 is 2.11. The summed E-state index contributed by atoms with van der Waals surface area (Å²) in [6.45, 7) is 6.79. The molecule has 0 aromatic carbocycles. The first-order valence-electron chi connectivity index (χ1n) is 8.16. The van der Waals surface area contributed by atoms with Crippen molar-refractivity contribution < 1.29 is 28.6 Å². The zero-order chi connectivity index (χ0) is 20.1. The highest BCUT2D eigenvalue weighted by Crippen LogP contribution is 2.33. The molecule has 0 aliphatic carbocycles. The van der Waals surface area contributed by atoms with Crippen LogP contribution in [0.25, 0.3) is 0 Å². The molecule has 0 fully saturated rings. The summed E-state index contributed by atoms with van der Waals surface area (Å²) in [5.74, 6) is -1.91. The largest absolute Gasteiger partial charge is 0.462 e. The lowest BCUT2D eigenvalue weighted by Gasteiger charge is -2.08. The van der Waals surface area contributed by atoms with Gasteiger partial charge in [0.2, 0.25) is 0 Å². The minimum absolute atomic E-state index is 0.0231. The molecular formula is C17H20N2O6S2. The number of nitrogens with zero attached hydrogens (tertiary/aromatic N) is 1. The van der Waals surface area contributed by atoms with E-state index in [1.54, 1.807) is 27.7 Å². The van der Waals surface area contributed by atoms with E-state index in [-0.39, 0.29) is 40.8 Å². The van der Waals surface area contributed by atoms with Crippen LogP contribution in [0.5, 0.6) is 0 Å². The van der Waals surface area contributed by atoms with E-state index in [0.717, 1.165) is 16.3 Å². The fourth-order valence-electron chi connectivity index (χ4n) is 2.34. The van der Waals surface area contributed by atoms with Gasteiger partial charge in [-0.3, -0.25) is 0 Å². The van der Waals surface area contributed by atoms with Gasteiger partial charge in [-0.05, 0) is 27.7 Å². The summed E-state index contributed by atoms with van der Waals surface area (Å²) in [6.07, 6.45) is 0. The Morgan fingerprint density at radius 2 is 1.52 bits per heavy atom. The second kappa shape index (κ2) is 8.96. The van der Waals surface area contributed by atoms with Crippen LogP contribution in [0.3, 0.4) is 0 Å². The van der Waals surface area contributed by atoms with E-state index in [2.05, 4.69) is 4.98 Å². The number of thiophene rings is 1. The zero-order valence-corrected chi connectivity index (χ0v) is 17.0. The van der Waals surface area contributed by atoms with Crippen LogP contribution in [0.15, 0.2) is 0 Å². The van der Waals surface area contributed by atoms with Crippen molar-refractivity contribution in [1.82, 2.24) is 4.98 Å². The summed E-state index contributed by atoms with van der Waals surface area (Å²) in [4.78, 5) is 41.5. The highest BCUT2D eigenvalue weighted by Gasteiger charge is 2.29. The average Bonchev–Trinajstić information content (AvgIpc) is 3.11. The van der Waals surface area contributed by atoms with Gasteiger partial charge in [-0.2, -0.15) is 0 Å². The molecule has 0 atom stereocenters. The van der Waals surface area contributed by atoms with E-state index in [9.17, 15) is 14.4 Å². The van der Waals surface area contributed by atoms with Crippen LogP contribution in [0.4, 0.5) is 5.00 Å². The predicted octanol–water partition coefficient (Wildman–Crippen LogP) is 3.11. The smallest absolute Gasteiger partial charge is 0.350 e. The molecule has 0 amide bonds. The molecule has 2 aromatic heterocycles. The topological polar surface area (TPSA) is 118 Å². The molecule has 0 radical (unpaired) electrons. The number of nitrogens with two attached hydrogens (primary N) is 1. The molecule has 8 nitrogen and oxygen atoms in total. The number of anilines is 1. The summed E-state index contributed by atoms with van der Waals surface area (Å²) < 4.78 is 15.3. The molecule has 146 valence electrons. The number of ether oxygens (including phenoxy) is 3. The van der Waals surface area contributed by atoms with Gasteiger partial charge in [0.05, 0.1) is 23.9 Å². The number of esters is 3. The first-order chi connectivity index (χ1) is 12.8. The van der Waals surface area contributed by atoms with E-state index >= 15 is 0 Å². The first kappa shape index (κ1) is 20.8. The quantitative estimate of drug-likeness (QED) is 0.544. The Morgan fingerprint density at radius 3 is 2.07 bits per heavy atom. The van der Waals surface area contributed by atoms with E-state index in [4.69, 9.17) is 19.9 Å². The molecule has 2 rings (SSSR count). The maximum Gasteiger partial charge on any atom is 0.350 e. The van der Waals surface area contributed by atoms with Crippen molar-refractivity contribution in [1.29, 1.82) is 0 Å². The lowest BCUT2D eigenvalue weighted by molar-refractivity contribution is 0.0441. The maximum atomic E-state index is 12.4. The number of carbonyl (C=O) groups is 3. The summed E-state index contributed by atoms with van der Waals surface area (Å²) in [6, 6.07) is 0. The zero-order valence-electron chi connectivity index (χ0n) is 15.4. The van der Waals surface area contributed by atoms with Gasteiger partial charge in [0, 0.05) is 5.56 Å². The van der Waals surface area contributed by atoms with Gasteiger partial charge in [0.25, 0.3) is 0 Å². The van der Waals surface area contributed by atoms with Crippen molar-refractivity contribution in [3.05, 3.63) is 31.6 Å². The van der Waals surface area contributed by atoms with Gasteiger partial charge >= 0.3 is 17.9 Å². The highest BCUT2D eigenvalue weighted by atomic mass is 32.1. The molecule has 10 heteroatoms. The SMILES string of the molecule is CCOC(=O)c1sc(N)c(C(=O)OCC)c1COC(=O)c1sc(C)nc1C. The molecule has 0 unspecified atom stereocenters. The van der Waals surface area contributed by atoms with E-state index in [0.29, 0.717) is 10.6 Å². The molecular weight excluding hydrogens is 392 g/mol. The maximum absolute atomic E-state index is 12.4. The molecule has 2 N–H and O–H groups in total. The Labute approximate surface area is 164 Å². The second-order valence-corrected chi connectivity index (χ2v) is 7.57.